The van der Waals surface area contributed by atoms with Crippen molar-refractivity contribution in [2.75, 3.05) is 6.54 Å². The molecule has 1 atom stereocenters. The highest BCUT2D eigenvalue weighted by atomic mass is 32.2. The van der Waals surface area contributed by atoms with Gasteiger partial charge in [0.05, 0.1) is 4.91 Å². The average molecular weight is 409 g/mol. The Bertz CT molecular complexity index is 775. The number of thioether (sulfide) groups is 1. The van der Waals surface area contributed by atoms with E-state index in [1.165, 1.54) is 16.7 Å². The number of carbonyl (C=O) groups is 3. The third-order valence-corrected chi connectivity index (χ3v) is 5.13. The van der Waals surface area contributed by atoms with Gasteiger partial charge < -0.3 is 14.9 Å². The van der Waals surface area contributed by atoms with Crippen molar-refractivity contribution in [1.82, 2.24) is 4.90 Å². The van der Waals surface area contributed by atoms with Crippen molar-refractivity contribution in [2.45, 2.75) is 32.3 Å². The maximum atomic E-state index is 12.4. The monoisotopic (exact) mass is 409 g/mol. The van der Waals surface area contributed by atoms with Crippen LogP contribution in [0.4, 0.5) is 0 Å². The zero-order chi connectivity index (χ0) is 20.0. The van der Waals surface area contributed by atoms with Crippen molar-refractivity contribution in [1.29, 1.82) is 0 Å². The summed E-state index contributed by atoms with van der Waals surface area (Å²) in [4.78, 5) is 35.9. The fourth-order valence-corrected chi connectivity index (χ4v) is 3.66. The van der Waals surface area contributed by atoms with Gasteiger partial charge in [0.1, 0.15) is 10.1 Å². The van der Waals surface area contributed by atoms with E-state index < -0.39 is 18.0 Å². The number of thiocarbonyl (C=S) groups is 1. The Hall–Kier alpha value is -2.39. The molecule has 0 saturated carbocycles. The Labute approximate surface area is 166 Å². The summed E-state index contributed by atoms with van der Waals surface area (Å²) >= 11 is 6.37. The van der Waals surface area contributed by atoms with Gasteiger partial charge in [-0.2, -0.15) is 0 Å². The van der Waals surface area contributed by atoms with E-state index in [1.54, 1.807) is 37.3 Å². The summed E-state index contributed by atoms with van der Waals surface area (Å²) in [6.07, 6.45) is 1.45. The molecule has 1 amide bonds. The van der Waals surface area contributed by atoms with Crippen LogP contribution in [-0.4, -0.2) is 49.9 Å². The summed E-state index contributed by atoms with van der Waals surface area (Å²) in [5, 5.41) is 17.7. The molecule has 0 radical (unpaired) electrons. The predicted molar refractivity (Wildman–Crippen MR) is 106 cm³/mol. The van der Waals surface area contributed by atoms with Crippen molar-refractivity contribution in [2.24, 2.45) is 0 Å². The first-order valence-corrected chi connectivity index (χ1v) is 9.51. The lowest BCUT2D eigenvalue weighted by Gasteiger charge is -2.13. The van der Waals surface area contributed by atoms with E-state index in [-0.39, 0.29) is 18.9 Å². The summed E-state index contributed by atoms with van der Waals surface area (Å²) in [5.41, 5.74) is 0.747. The summed E-state index contributed by atoms with van der Waals surface area (Å²) in [7, 11) is 0. The Morgan fingerprint density at radius 2 is 1.96 bits per heavy atom. The number of ether oxygens (including phenoxy) is 1. The molecule has 7 nitrogen and oxygen atoms in total. The van der Waals surface area contributed by atoms with E-state index >= 15 is 0 Å². The van der Waals surface area contributed by atoms with E-state index in [1.807, 2.05) is 0 Å². The minimum atomic E-state index is -1.02. The van der Waals surface area contributed by atoms with Crippen molar-refractivity contribution in [3.63, 3.8) is 0 Å². The van der Waals surface area contributed by atoms with E-state index in [2.05, 4.69) is 0 Å². The third kappa shape index (κ3) is 5.80. The van der Waals surface area contributed by atoms with E-state index in [9.17, 15) is 14.4 Å². The zero-order valence-electron chi connectivity index (χ0n) is 14.6. The number of benzene rings is 1. The number of nitrogens with zero attached hydrogens (tertiary/aromatic N) is 1. The summed E-state index contributed by atoms with van der Waals surface area (Å²) in [6.45, 7) is 2.00. The largest absolute Gasteiger partial charge is 0.481 e. The van der Waals surface area contributed by atoms with Gasteiger partial charge in [-0.15, -0.1) is 0 Å². The number of carboxylic acids is 2. The highest BCUT2D eigenvalue weighted by Crippen LogP contribution is 2.33. The molecular formula is C18H19NO6S2. The van der Waals surface area contributed by atoms with Crippen molar-refractivity contribution in [3.8, 4) is 5.75 Å². The molecule has 1 aromatic rings. The number of amides is 1. The second kappa shape index (κ2) is 9.52. The van der Waals surface area contributed by atoms with Crippen molar-refractivity contribution < 1.29 is 29.3 Å². The van der Waals surface area contributed by atoms with Crippen LogP contribution in [0.3, 0.4) is 0 Å². The van der Waals surface area contributed by atoms with Gasteiger partial charge in [-0.05, 0) is 36.6 Å². The number of hydrogen-bond donors (Lipinski definition) is 2. The minimum Gasteiger partial charge on any atom is -0.481 e. The Morgan fingerprint density at radius 1 is 1.30 bits per heavy atom. The SMILES string of the molecule is CCC(Oc1ccc(/C=C2\SC(=S)N(CCCC(=O)O)C2=O)cc1)C(=O)O. The molecule has 1 saturated heterocycles. The normalized spacial score (nSPS) is 16.6. The first-order valence-electron chi connectivity index (χ1n) is 8.28. The molecule has 1 unspecified atom stereocenters. The lowest BCUT2D eigenvalue weighted by atomic mass is 10.2. The van der Waals surface area contributed by atoms with Gasteiger partial charge in [0.15, 0.2) is 6.10 Å². The first kappa shape index (κ1) is 20.9. The maximum absolute atomic E-state index is 12.4. The second-order valence-electron chi connectivity index (χ2n) is 5.75. The van der Waals surface area contributed by atoms with Crippen molar-refractivity contribution >= 4 is 52.2 Å². The predicted octanol–water partition coefficient (Wildman–Crippen LogP) is 2.99. The smallest absolute Gasteiger partial charge is 0.344 e. The molecular weight excluding hydrogens is 390 g/mol. The fraction of sp³-hybridized carbons (Fsp3) is 0.333. The molecule has 2 N–H and O–H groups in total. The van der Waals surface area contributed by atoms with Gasteiger partial charge in [0.25, 0.3) is 5.91 Å². The van der Waals surface area contributed by atoms with E-state index in [0.29, 0.717) is 27.8 Å². The fourth-order valence-electron chi connectivity index (χ4n) is 2.35. The molecule has 144 valence electrons. The van der Waals surface area contributed by atoms with Gasteiger partial charge in [0, 0.05) is 13.0 Å². The number of aliphatic carboxylic acids is 2. The van der Waals surface area contributed by atoms with Crippen LogP contribution in [0.15, 0.2) is 29.2 Å². The number of rotatable bonds is 9. The highest BCUT2D eigenvalue weighted by molar-refractivity contribution is 8.26. The lowest BCUT2D eigenvalue weighted by Crippen LogP contribution is -2.29. The van der Waals surface area contributed by atoms with Gasteiger partial charge in [-0.3, -0.25) is 14.5 Å². The molecule has 1 aliphatic rings. The van der Waals surface area contributed by atoms with Crippen LogP contribution in [0.25, 0.3) is 6.08 Å². The molecule has 27 heavy (non-hydrogen) atoms. The molecule has 1 heterocycles. The number of hydrogen-bond acceptors (Lipinski definition) is 6. The van der Waals surface area contributed by atoms with E-state index in [4.69, 9.17) is 27.2 Å². The third-order valence-electron chi connectivity index (χ3n) is 3.75. The van der Waals surface area contributed by atoms with Crippen LogP contribution < -0.4 is 4.74 Å². The van der Waals surface area contributed by atoms with Crippen LogP contribution >= 0.6 is 24.0 Å². The molecule has 2 rings (SSSR count). The van der Waals surface area contributed by atoms with Crippen LogP contribution in [0.5, 0.6) is 5.75 Å². The Balaban J connectivity index is 2.03. The maximum Gasteiger partial charge on any atom is 0.344 e. The standard InChI is InChI=1S/C18H19NO6S2/c1-2-13(17(23)24)25-12-7-5-11(6-8-12)10-14-16(22)19(18(26)27-14)9-3-4-15(20)21/h5-8,10,13H,2-4,9H2,1H3,(H,20,21)(H,23,24)/b14-10-. The molecule has 0 aromatic heterocycles. The zero-order valence-corrected chi connectivity index (χ0v) is 16.2. The lowest BCUT2D eigenvalue weighted by molar-refractivity contribution is -0.145. The number of carboxylic acid groups (broad SMARTS) is 2. The summed E-state index contributed by atoms with van der Waals surface area (Å²) < 4.78 is 5.81. The van der Waals surface area contributed by atoms with Crippen LogP contribution in [-0.2, 0) is 14.4 Å². The molecule has 1 fully saturated rings. The van der Waals surface area contributed by atoms with Gasteiger partial charge >= 0.3 is 11.9 Å². The van der Waals surface area contributed by atoms with Crippen molar-refractivity contribution in [3.05, 3.63) is 34.7 Å². The molecule has 0 spiro atoms. The molecule has 0 bridgehead atoms. The second-order valence-corrected chi connectivity index (χ2v) is 7.43. The van der Waals surface area contributed by atoms with Crippen LogP contribution in [0.1, 0.15) is 31.7 Å². The molecule has 1 aliphatic heterocycles. The first-order chi connectivity index (χ1) is 12.8. The topological polar surface area (TPSA) is 104 Å². The number of carbonyl (C=O) groups excluding carboxylic acids is 1. The Morgan fingerprint density at radius 3 is 2.52 bits per heavy atom. The highest BCUT2D eigenvalue weighted by Gasteiger charge is 2.31. The average Bonchev–Trinajstić information content (AvgIpc) is 2.87. The molecule has 9 heteroatoms. The molecule has 0 aliphatic carbocycles. The Kier molecular flexibility index (Phi) is 7.37. The summed E-state index contributed by atoms with van der Waals surface area (Å²) in [6, 6.07) is 6.73. The van der Waals surface area contributed by atoms with E-state index in [0.717, 1.165) is 5.56 Å². The minimum absolute atomic E-state index is 0.0212. The van der Waals surface area contributed by atoms with Crippen LogP contribution in [0, 0.1) is 0 Å². The molecule has 1 aromatic carbocycles. The van der Waals surface area contributed by atoms with Gasteiger partial charge in [-0.25, -0.2) is 4.79 Å². The summed E-state index contributed by atoms with van der Waals surface area (Å²) in [5.74, 6) is -1.74. The van der Waals surface area contributed by atoms with Crippen LogP contribution in [0.2, 0.25) is 0 Å². The van der Waals surface area contributed by atoms with Gasteiger partial charge in [0.2, 0.25) is 0 Å². The van der Waals surface area contributed by atoms with Gasteiger partial charge in [-0.1, -0.05) is 43.0 Å². The quantitative estimate of drug-likeness (QED) is 0.474.